The van der Waals surface area contributed by atoms with E-state index < -0.39 is 5.97 Å². The Balaban J connectivity index is 2.30. The van der Waals surface area contributed by atoms with Gasteiger partial charge in [-0.15, -0.1) is 0 Å². The molecule has 0 fully saturated rings. The van der Waals surface area contributed by atoms with Crippen LogP contribution < -0.4 is 18.9 Å². The second kappa shape index (κ2) is 10.9. The summed E-state index contributed by atoms with van der Waals surface area (Å²) in [5.74, 6) is 0.757. The highest BCUT2D eigenvalue weighted by Gasteiger charge is 2.20. The molecule has 0 atom stereocenters. The maximum Gasteiger partial charge on any atom is 0.310 e. The lowest BCUT2D eigenvalue weighted by molar-refractivity contribution is -0.134. The number of hydrogen-bond acceptors (Lipinski definition) is 6. The van der Waals surface area contributed by atoms with Crippen LogP contribution in [0, 0.1) is 0 Å². The van der Waals surface area contributed by atoms with Gasteiger partial charge in [-0.25, -0.2) is 0 Å². The van der Waals surface area contributed by atoms with Gasteiger partial charge in [-0.05, 0) is 30.2 Å². The van der Waals surface area contributed by atoms with Crippen LogP contribution in [0.1, 0.15) is 42.6 Å². The zero-order valence-corrected chi connectivity index (χ0v) is 17.2. The van der Waals surface area contributed by atoms with Crippen LogP contribution in [0.3, 0.4) is 0 Å². The average Bonchev–Trinajstić information content (AvgIpc) is 2.75. The maximum atomic E-state index is 12.9. The van der Waals surface area contributed by atoms with Gasteiger partial charge in [-0.3, -0.25) is 9.59 Å². The molecule has 0 saturated carbocycles. The molecule has 2 aromatic rings. The standard InChI is InChI=1S/C23H26O6/c1-5-13-28-17-10-7-16(8-11-17)9-12-19(24)23-20(27-4)14-18(26-3)15-21(23)29-22(25)6-2/h7-12,14-15H,5-6,13H2,1-4H3/b12-9+. The van der Waals surface area contributed by atoms with Crippen molar-refractivity contribution in [2.75, 3.05) is 20.8 Å². The predicted molar refractivity (Wildman–Crippen MR) is 111 cm³/mol. The molecule has 154 valence electrons. The van der Waals surface area contributed by atoms with E-state index in [0.717, 1.165) is 17.7 Å². The van der Waals surface area contributed by atoms with Crippen molar-refractivity contribution < 1.29 is 28.5 Å². The highest BCUT2D eigenvalue weighted by Crippen LogP contribution is 2.35. The first kappa shape index (κ1) is 22.0. The first-order chi connectivity index (χ1) is 14.0. The van der Waals surface area contributed by atoms with Gasteiger partial charge in [0.25, 0.3) is 0 Å². The van der Waals surface area contributed by atoms with E-state index in [4.69, 9.17) is 18.9 Å². The van der Waals surface area contributed by atoms with Crippen LogP contribution in [0.15, 0.2) is 42.5 Å². The highest BCUT2D eigenvalue weighted by atomic mass is 16.5. The van der Waals surface area contributed by atoms with Crippen molar-refractivity contribution in [1.82, 2.24) is 0 Å². The quantitative estimate of drug-likeness (QED) is 0.250. The molecule has 6 heteroatoms. The van der Waals surface area contributed by atoms with E-state index in [2.05, 4.69) is 0 Å². The molecule has 2 aromatic carbocycles. The van der Waals surface area contributed by atoms with Crippen molar-refractivity contribution in [3.8, 4) is 23.0 Å². The fraction of sp³-hybridized carbons (Fsp3) is 0.304. The first-order valence-electron chi connectivity index (χ1n) is 9.44. The van der Waals surface area contributed by atoms with Crippen LogP contribution in [0.4, 0.5) is 0 Å². The topological polar surface area (TPSA) is 71.1 Å². The Morgan fingerprint density at radius 2 is 1.62 bits per heavy atom. The Hall–Kier alpha value is -3.28. The molecular formula is C23H26O6. The Morgan fingerprint density at radius 1 is 0.931 bits per heavy atom. The monoisotopic (exact) mass is 398 g/mol. The number of ether oxygens (including phenoxy) is 4. The maximum absolute atomic E-state index is 12.9. The number of hydrogen-bond donors (Lipinski definition) is 0. The van der Waals surface area contributed by atoms with Gasteiger partial charge < -0.3 is 18.9 Å². The van der Waals surface area contributed by atoms with Crippen molar-refractivity contribution in [3.05, 3.63) is 53.6 Å². The normalized spacial score (nSPS) is 10.6. The van der Waals surface area contributed by atoms with E-state index in [0.29, 0.717) is 12.4 Å². The van der Waals surface area contributed by atoms with Gasteiger partial charge in [-0.1, -0.05) is 32.1 Å². The van der Waals surface area contributed by atoms with Crippen molar-refractivity contribution in [2.45, 2.75) is 26.7 Å². The molecule has 0 aliphatic heterocycles. The first-order valence-corrected chi connectivity index (χ1v) is 9.44. The molecule has 0 heterocycles. The van der Waals surface area contributed by atoms with Crippen molar-refractivity contribution >= 4 is 17.8 Å². The lowest BCUT2D eigenvalue weighted by atomic mass is 10.1. The zero-order chi connectivity index (χ0) is 21.2. The molecule has 0 spiro atoms. The number of allylic oxidation sites excluding steroid dienone is 1. The Morgan fingerprint density at radius 3 is 2.21 bits per heavy atom. The van der Waals surface area contributed by atoms with Crippen LogP contribution in [-0.4, -0.2) is 32.6 Å². The molecule has 2 rings (SSSR count). The minimum Gasteiger partial charge on any atom is -0.496 e. The molecule has 0 bridgehead atoms. The average molecular weight is 398 g/mol. The molecule has 29 heavy (non-hydrogen) atoms. The van der Waals surface area contributed by atoms with Gasteiger partial charge in [0, 0.05) is 18.6 Å². The number of benzene rings is 2. The van der Waals surface area contributed by atoms with Crippen LogP contribution in [0.2, 0.25) is 0 Å². The molecule has 0 aliphatic carbocycles. The summed E-state index contributed by atoms with van der Waals surface area (Å²) in [5.41, 5.74) is 0.996. The van der Waals surface area contributed by atoms with Gasteiger partial charge in [0.15, 0.2) is 5.78 Å². The van der Waals surface area contributed by atoms with Gasteiger partial charge in [-0.2, -0.15) is 0 Å². The number of carbonyl (C=O) groups is 2. The van der Waals surface area contributed by atoms with E-state index in [-0.39, 0.29) is 29.3 Å². The van der Waals surface area contributed by atoms with Crippen LogP contribution in [0.5, 0.6) is 23.0 Å². The minimum atomic E-state index is -0.457. The molecular weight excluding hydrogens is 372 g/mol. The lowest BCUT2D eigenvalue weighted by Crippen LogP contribution is -2.10. The van der Waals surface area contributed by atoms with Crippen LogP contribution in [0.25, 0.3) is 6.08 Å². The van der Waals surface area contributed by atoms with Crippen molar-refractivity contribution in [3.63, 3.8) is 0 Å². The third kappa shape index (κ3) is 6.10. The van der Waals surface area contributed by atoms with Crippen molar-refractivity contribution in [2.24, 2.45) is 0 Å². The van der Waals surface area contributed by atoms with Gasteiger partial charge >= 0.3 is 5.97 Å². The molecule has 6 nitrogen and oxygen atoms in total. The van der Waals surface area contributed by atoms with E-state index >= 15 is 0 Å². The van der Waals surface area contributed by atoms with E-state index in [1.54, 1.807) is 19.1 Å². The molecule has 0 amide bonds. The summed E-state index contributed by atoms with van der Waals surface area (Å²) >= 11 is 0. The summed E-state index contributed by atoms with van der Waals surface area (Å²) in [6.45, 7) is 4.38. The van der Waals surface area contributed by atoms with E-state index in [1.165, 1.54) is 26.4 Å². The largest absolute Gasteiger partial charge is 0.496 e. The highest BCUT2D eigenvalue weighted by molar-refractivity contribution is 6.11. The van der Waals surface area contributed by atoms with Crippen LogP contribution >= 0.6 is 0 Å². The fourth-order valence-electron chi connectivity index (χ4n) is 2.51. The second-order valence-corrected chi connectivity index (χ2v) is 6.15. The van der Waals surface area contributed by atoms with E-state index in [9.17, 15) is 9.59 Å². The Labute approximate surface area is 171 Å². The fourth-order valence-corrected chi connectivity index (χ4v) is 2.51. The zero-order valence-electron chi connectivity index (χ0n) is 17.2. The summed E-state index contributed by atoms with van der Waals surface area (Å²) in [4.78, 5) is 24.7. The summed E-state index contributed by atoms with van der Waals surface area (Å²) in [6, 6.07) is 10.5. The molecule has 0 saturated heterocycles. The smallest absolute Gasteiger partial charge is 0.310 e. The second-order valence-electron chi connectivity index (χ2n) is 6.15. The molecule has 0 radical (unpaired) electrons. The summed E-state index contributed by atoms with van der Waals surface area (Å²) in [7, 11) is 2.92. The molecule has 0 N–H and O–H groups in total. The third-order valence-electron chi connectivity index (χ3n) is 4.03. The number of ketones is 1. The van der Waals surface area contributed by atoms with Gasteiger partial charge in [0.2, 0.25) is 0 Å². The molecule has 0 unspecified atom stereocenters. The number of esters is 1. The van der Waals surface area contributed by atoms with Gasteiger partial charge in [0.1, 0.15) is 28.6 Å². The van der Waals surface area contributed by atoms with E-state index in [1.807, 2.05) is 31.2 Å². The molecule has 0 aliphatic rings. The summed E-state index contributed by atoms with van der Waals surface area (Å²) in [6.07, 6.45) is 4.21. The van der Waals surface area contributed by atoms with Gasteiger partial charge in [0.05, 0.1) is 20.8 Å². The molecule has 0 aromatic heterocycles. The lowest BCUT2D eigenvalue weighted by Gasteiger charge is -2.14. The number of carbonyl (C=O) groups excluding carboxylic acids is 2. The number of methoxy groups -OCH3 is 2. The Bertz CT molecular complexity index is 868. The predicted octanol–water partition coefficient (Wildman–Crippen LogP) is 4.70. The minimum absolute atomic E-state index is 0.103. The Kier molecular flexibility index (Phi) is 8.27. The SMILES string of the molecule is CCCOc1ccc(/C=C/C(=O)c2c(OC)cc(OC)cc2OC(=O)CC)cc1. The third-order valence-corrected chi connectivity index (χ3v) is 4.03. The summed E-state index contributed by atoms with van der Waals surface area (Å²) < 4.78 is 21.4. The summed E-state index contributed by atoms with van der Waals surface area (Å²) in [5, 5.41) is 0. The van der Waals surface area contributed by atoms with Crippen molar-refractivity contribution in [1.29, 1.82) is 0 Å². The van der Waals surface area contributed by atoms with Crippen LogP contribution in [-0.2, 0) is 4.79 Å². The number of rotatable bonds is 10.